The first-order chi connectivity index (χ1) is 13.0. The van der Waals surface area contributed by atoms with Gasteiger partial charge in [-0.15, -0.1) is 0 Å². The smallest absolute Gasteiger partial charge is 0.305 e. The molecule has 1 amide bonds. The summed E-state index contributed by atoms with van der Waals surface area (Å²) in [5.74, 6) is -0.172. The minimum atomic E-state index is -0.452. The number of esters is 1. The Morgan fingerprint density at radius 1 is 1.00 bits per heavy atom. The summed E-state index contributed by atoms with van der Waals surface area (Å²) in [6, 6.07) is -0.263. The number of allylic oxidation sites excluding steroid dienone is 1. The second-order valence-electron chi connectivity index (χ2n) is 7.43. The molecule has 0 aromatic rings. The average Bonchev–Trinajstić information content (AvgIpc) is 2.65. The zero-order valence-electron chi connectivity index (χ0n) is 17.8. The number of methoxy groups -OCH3 is 1. The first-order valence-electron chi connectivity index (χ1n) is 10.8. The maximum absolute atomic E-state index is 11.9. The summed E-state index contributed by atoms with van der Waals surface area (Å²) in [5, 5.41) is 3.08. The zero-order chi connectivity index (χ0) is 20.3. The topological polar surface area (TPSA) is 81.4 Å². The van der Waals surface area contributed by atoms with Crippen molar-refractivity contribution in [3.05, 3.63) is 12.2 Å². The molecule has 2 atom stereocenters. The van der Waals surface area contributed by atoms with Crippen LogP contribution in [0.1, 0.15) is 97.3 Å². The van der Waals surface area contributed by atoms with E-state index < -0.39 is 6.04 Å². The molecule has 0 saturated carbocycles. The summed E-state index contributed by atoms with van der Waals surface area (Å²) in [5.41, 5.74) is 5.67. The van der Waals surface area contributed by atoms with Gasteiger partial charge in [-0.2, -0.15) is 0 Å². The van der Waals surface area contributed by atoms with Gasteiger partial charge in [0.2, 0.25) is 5.91 Å². The van der Waals surface area contributed by atoms with E-state index in [0.29, 0.717) is 6.42 Å². The number of ether oxygens (including phenoxy) is 1. The van der Waals surface area contributed by atoms with Gasteiger partial charge < -0.3 is 15.8 Å². The third-order valence-electron chi connectivity index (χ3n) is 4.73. The molecule has 1 unspecified atom stereocenters. The molecule has 0 spiro atoms. The minimum Gasteiger partial charge on any atom is -0.469 e. The Bertz CT molecular complexity index is 408. The molecule has 0 rings (SSSR count). The molecule has 0 radical (unpaired) electrons. The first-order valence-corrected chi connectivity index (χ1v) is 10.8. The maximum atomic E-state index is 11.9. The molecular weight excluding hydrogens is 340 g/mol. The summed E-state index contributed by atoms with van der Waals surface area (Å²) in [6.07, 6.45) is 18.3. The number of nitrogens with one attached hydrogen (secondary N) is 1. The van der Waals surface area contributed by atoms with Crippen LogP contribution in [0.4, 0.5) is 0 Å². The van der Waals surface area contributed by atoms with Gasteiger partial charge in [0.15, 0.2) is 0 Å². The van der Waals surface area contributed by atoms with Crippen LogP contribution in [-0.4, -0.2) is 31.1 Å². The lowest BCUT2D eigenvalue weighted by atomic mass is 10.0. The van der Waals surface area contributed by atoms with Crippen LogP contribution < -0.4 is 11.1 Å². The molecular formula is C22H42N2O3. The molecule has 0 saturated heterocycles. The fraction of sp³-hybridized carbons (Fsp3) is 0.818. The standard InChI is InChI=1S/C22H42N2O3/c1-4-5-6-13-16-20(24-22(26)19(2)23)17-14-11-9-7-8-10-12-15-18-21(25)27-3/h11,14,19-20H,4-10,12-13,15-18,23H2,1-3H3,(H,24,26)/b14-11-/t19-,20?/m0/s1. The Kier molecular flexibility index (Phi) is 17.1. The highest BCUT2D eigenvalue weighted by Crippen LogP contribution is 2.11. The van der Waals surface area contributed by atoms with Crippen LogP contribution in [0.15, 0.2) is 12.2 Å². The fourth-order valence-electron chi connectivity index (χ4n) is 2.94. The lowest BCUT2D eigenvalue weighted by molar-refractivity contribution is -0.140. The van der Waals surface area contributed by atoms with Crippen LogP contribution in [0, 0.1) is 0 Å². The number of rotatable bonds is 17. The number of hydrogen-bond donors (Lipinski definition) is 2. The molecule has 0 heterocycles. The van der Waals surface area contributed by atoms with Gasteiger partial charge in [0, 0.05) is 12.5 Å². The molecule has 3 N–H and O–H groups in total. The van der Waals surface area contributed by atoms with E-state index in [2.05, 4.69) is 29.1 Å². The average molecular weight is 383 g/mol. The van der Waals surface area contributed by atoms with E-state index in [9.17, 15) is 9.59 Å². The van der Waals surface area contributed by atoms with Crippen molar-refractivity contribution in [1.29, 1.82) is 0 Å². The highest BCUT2D eigenvalue weighted by molar-refractivity contribution is 5.81. The highest BCUT2D eigenvalue weighted by atomic mass is 16.5. The summed E-state index contributed by atoms with van der Waals surface area (Å²) >= 11 is 0. The molecule has 27 heavy (non-hydrogen) atoms. The Hall–Kier alpha value is -1.36. The summed E-state index contributed by atoms with van der Waals surface area (Å²) in [4.78, 5) is 22.9. The Morgan fingerprint density at radius 2 is 1.67 bits per heavy atom. The van der Waals surface area contributed by atoms with Crippen molar-refractivity contribution in [3.63, 3.8) is 0 Å². The molecule has 0 aromatic carbocycles. The van der Waals surface area contributed by atoms with Gasteiger partial charge in [-0.3, -0.25) is 9.59 Å². The van der Waals surface area contributed by atoms with Crippen molar-refractivity contribution < 1.29 is 14.3 Å². The van der Waals surface area contributed by atoms with Crippen molar-refractivity contribution >= 4 is 11.9 Å². The number of unbranched alkanes of at least 4 members (excludes halogenated alkanes) is 8. The normalized spacial score (nSPS) is 13.5. The van der Waals surface area contributed by atoms with E-state index in [1.165, 1.54) is 39.2 Å². The molecule has 0 aromatic heterocycles. The van der Waals surface area contributed by atoms with Crippen molar-refractivity contribution in [1.82, 2.24) is 5.32 Å². The maximum Gasteiger partial charge on any atom is 0.305 e. The monoisotopic (exact) mass is 382 g/mol. The number of carbonyl (C=O) groups excluding carboxylic acids is 2. The molecule has 0 aliphatic heterocycles. The van der Waals surface area contributed by atoms with Gasteiger partial charge in [0.1, 0.15) is 0 Å². The predicted molar refractivity (Wildman–Crippen MR) is 112 cm³/mol. The Balaban J connectivity index is 3.90. The Labute approximate surface area is 166 Å². The molecule has 0 aliphatic rings. The fourth-order valence-corrected chi connectivity index (χ4v) is 2.94. The van der Waals surface area contributed by atoms with E-state index in [1.807, 2.05) is 0 Å². The third kappa shape index (κ3) is 16.5. The van der Waals surface area contributed by atoms with Gasteiger partial charge in [-0.05, 0) is 39.0 Å². The van der Waals surface area contributed by atoms with E-state index in [-0.39, 0.29) is 17.9 Å². The van der Waals surface area contributed by atoms with Crippen LogP contribution in [0.25, 0.3) is 0 Å². The molecule has 0 aliphatic carbocycles. The van der Waals surface area contributed by atoms with Crippen LogP contribution in [-0.2, 0) is 14.3 Å². The third-order valence-corrected chi connectivity index (χ3v) is 4.73. The van der Waals surface area contributed by atoms with Gasteiger partial charge >= 0.3 is 5.97 Å². The van der Waals surface area contributed by atoms with Gasteiger partial charge in [0.05, 0.1) is 13.2 Å². The van der Waals surface area contributed by atoms with Crippen LogP contribution in [0.3, 0.4) is 0 Å². The van der Waals surface area contributed by atoms with Gasteiger partial charge in [-0.25, -0.2) is 0 Å². The first kappa shape index (κ1) is 25.6. The molecule has 0 bridgehead atoms. The summed E-state index contributed by atoms with van der Waals surface area (Å²) in [6.45, 7) is 3.93. The second-order valence-corrected chi connectivity index (χ2v) is 7.43. The van der Waals surface area contributed by atoms with Gasteiger partial charge in [0.25, 0.3) is 0 Å². The predicted octanol–water partition coefficient (Wildman–Crippen LogP) is 4.64. The molecule has 0 fully saturated rings. The Morgan fingerprint density at radius 3 is 2.33 bits per heavy atom. The number of hydrogen-bond acceptors (Lipinski definition) is 4. The lowest BCUT2D eigenvalue weighted by Crippen LogP contribution is -2.43. The van der Waals surface area contributed by atoms with Crippen LogP contribution in [0.2, 0.25) is 0 Å². The lowest BCUT2D eigenvalue weighted by Gasteiger charge is -2.18. The van der Waals surface area contributed by atoms with E-state index in [0.717, 1.165) is 44.9 Å². The quantitative estimate of drug-likeness (QED) is 0.218. The number of amides is 1. The minimum absolute atomic E-state index is 0.0594. The number of carbonyl (C=O) groups is 2. The molecule has 158 valence electrons. The van der Waals surface area contributed by atoms with E-state index in [1.54, 1.807) is 6.92 Å². The summed E-state index contributed by atoms with van der Waals surface area (Å²) in [7, 11) is 1.44. The largest absolute Gasteiger partial charge is 0.469 e. The highest BCUT2D eigenvalue weighted by Gasteiger charge is 2.13. The van der Waals surface area contributed by atoms with E-state index in [4.69, 9.17) is 5.73 Å². The summed E-state index contributed by atoms with van der Waals surface area (Å²) < 4.78 is 4.63. The SMILES string of the molecule is CCCCCCC(C/C=C\CCCCCCCC(=O)OC)NC(=O)[C@H](C)N. The van der Waals surface area contributed by atoms with Crippen LogP contribution in [0.5, 0.6) is 0 Å². The van der Waals surface area contributed by atoms with Crippen molar-refractivity contribution in [3.8, 4) is 0 Å². The number of nitrogens with two attached hydrogens (primary N) is 1. The van der Waals surface area contributed by atoms with Gasteiger partial charge in [-0.1, -0.05) is 64.0 Å². The van der Waals surface area contributed by atoms with E-state index >= 15 is 0 Å². The van der Waals surface area contributed by atoms with Crippen molar-refractivity contribution in [2.24, 2.45) is 5.73 Å². The van der Waals surface area contributed by atoms with Crippen molar-refractivity contribution in [2.75, 3.05) is 7.11 Å². The zero-order valence-corrected chi connectivity index (χ0v) is 17.8. The van der Waals surface area contributed by atoms with Crippen LogP contribution >= 0.6 is 0 Å². The van der Waals surface area contributed by atoms with Crippen molar-refractivity contribution in [2.45, 2.75) is 109 Å². The molecule has 5 heteroatoms. The molecule has 5 nitrogen and oxygen atoms in total. The second kappa shape index (κ2) is 18.0.